The molecule has 0 radical (unpaired) electrons. The van der Waals surface area contributed by atoms with Crippen LogP contribution in [0.15, 0.2) is 24.3 Å². The first kappa shape index (κ1) is 14.4. The van der Waals surface area contributed by atoms with E-state index in [9.17, 15) is 9.59 Å². The number of anilines is 1. The van der Waals surface area contributed by atoms with Crippen molar-refractivity contribution in [3.63, 3.8) is 0 Å². The summed E-state index contributed by atoms with van der Waals surface area (Å²) in [7, 11) is 0. The van der Waals surface area contributed by atoms with Crippen molar-refractivity contribution >= 4 is 17.6 Å². The first-order valence-corrected chi connectivity index (χ1v) is 6.81. The number of carbonyl (C=O) groups excluding carboxylic acids is 2. The van der Waals surface area contributed by atoms with Crippen LogP contribution >= 0.6 is 0 Å². The Hall–Kier alpha value is -2.04. The minimum atomic E-state index is -0.321. The van der Waals surface area contributed by atoms with Gasteiger partial charge < -0.3 is 15.5 Å². The summed E-state index contributed by atoms with van der Waals surface area (Å²) in [6, 6.07) is 7.54. The van der Waals surface area contributed by atoms with Crippen molar-refractivity contribution in [1.29, 1.82) is 0 Å². The summed E-state index contributed by atoms with van der Waals surface area (Å²) in [6.45, 7) is 6.37. The van der Waals surface area contributed by atoms with Crippen LogP contribution in [0.2, 0.25) is 0 Å². The highest BCUT2D eigenvalue weighted by atomic mass is 16.2. The molecule has 1 aromatic carbocycles. The van der Waals surface area contributed by atoms with Gasteiger partial charge in [-0.25, -0.2) is 4.79 Å². The maximum Gasteiger partial charge on any atom is 0.315 e. The topological polar surface area (TPSA) is 61.4 Å². The number of carbonyl (C=O) groups is 2. The number of benzene rings is 1. The number of nitrogens with zero attached hydrogens (tertiary/aromatic N) is 1. The summed E-state index contributed by atoms with van der Waals surface area (Å²) in [5, 5.41) is 5.37. The van der Waals surface area contributed by atoms with E-state index in [0.717, 1.165) is 12.1 Å². The third-order valence-corrected chi connectivity index (χ3v) is 3.08. The number of fused-ring (bicyclic) bond motifs is 1. The predicted octanol–water partition coefficient (Wildman–Crippen LogP) is 1.67. The minimum Gasteiger partial charge on any atom is -0.334 e. The molecule has 0 aliphatic carbocycles. The lowest BCUT2D eigenvalue weighted by molar-refractivity contribution is -0.117. The van der Waals surface area contributed by atoms with Crippen molar-refractivity contribution in [2.45, 2.75) is 32.7 Å². The van der Waals surface area contributed by atoms with Crippen LogP contribution in [0.5, 0.6) is 0 Å². The Balaban J connectivity index is 1.89. The molecule has 2 rings (SSSR count). The van der Waals surface area contributed by atoms with Gasteiger partial charge in [-0.15, -0.1) is 0 Å². The predicted molar refractivity (Wildman–Crippen MR) is 78.8 cm³/mol. The molecule has 5 nitrogen and oxygen atoms in total. The van der Waals surface area contributed by atoms with E-state index in [4.69, 9.17) is 0 Å². The molecule has 1 aromatic rings. The Morgan fingerprint density at radius 3 is 2.65 bits per heavy atom. The maximum atomic E-state index is 12.2. The zero-order valence-electron chi connectivity index (χ0n) is 12.2. The molecule has 0 saturated heterocycles. The van der Waals surface area contributed by atoms with Crippen LogP contribution in [0.1, 0.15) is 26.3 Å². The lowest BCUT2D eigenvalue weighted by atomic mass is 10.1. The highest BCUT2D eigenvalue weighted by Crippen LogP contribution is 2.27. The van der Waals surface area contributed by atoms with Crippen molar-refractivity contribution in [2.24, 2.45) is 0 Å². The number of rotatable bonds is 2. The average molecular weight is 275 g/mol. The van der Waals surface area contributed by atoms with Gasteiger partial charge in [-0.2, -0.15) is 0 Å². The molecule has 0 bridgehead atoms. The highest BCUT2D eigenvalue weighted by molar-refractivity contribution is 5.98. The van der Waals surface area contributed by atoms with Gasteiger partial charge in [0, 0.05) is 17.8 Å². The Kier molecular flexibility index (Phi) is 3.97. The van der Waals surface area contributed by atoms with Crippen LogP contribution in [0, 0.1) is 0 Å². The van der Waals surface area contributed by atoms with Gasteiger partial charge in [-0.1, -0.05) is 18.2 Å². The monoisotopic (exact) mass is 275 g/mol. The summed E-state index contributed by atoms with van der Waals surface area (Å²) in [5.41, 5.74) is 1.82. The Bertz CT molecular complexity index is 520. The van der Waals surface area contributed by atoms with Gasteiger partial charge in [-0.3, -0.25) is 4.79 Å². The molecule has 1 heterocycles. The SMILES string of the molecule is CC(C)(C)NC(=O)NCC(=O)N1CCc2ccccc21. The number of amides is 3. The van der Waals surface area contributed by atoms with E-state index >= 15 is 0 Å². The minimum absolute atomic E-state index is 0.0102. The second-order valence-corrected chi connectivity index (χ2v) is 5.98. The number of nitrogens with one attached hydrogen (secondary N) is 2. The van der Waals surface area contributed by atoms with Crippen LogP contribution in [-0.2, 0) is 11.2 Å². The van der Waals surface area contributed by atoms with Crippen LogP contribution < -0.4 is 15.5 Å². The zero-order valence-corrected chi connectivity index (χ0v) is 12.2. The summed E-state index contributed by atoms with van der Waals surface area (Å²) < 4.78 is 0. The molecular formula is C15H21N3O2. The number of hydrogen-bond donors (Lipinski definition) is 2. The largest absolute Gasteiger partial charge is 0.334 e. The third-order valence-electron chi connectivity index (χ3n) is 3.08. The summed E-state index contributed by atoms with van der Waals surface area (Å²) in [5.74, 6) is -0.0843. The van der Waals surface area contributed by atoms with E-state index in [1.165, 1.54) is 5.56 Å². The van der Waals surface area contributed by atoms with E-state index in [-0.39, 0.29) is 24.0 Å². The molecule has 1 aliphatic rings. The third kappa shape index (κ3) is 3.50. The molecule has 5 heteroatoms. The zero-order chi connectivity index (χ0) is 14.8. The highest BCUT2D eigenvalue weighted by Gasteiger charge is 2.24. The van der Waals surface area contributed by atoms with Gasteiger partial charge >= 0.3 is 6.03 Å². The Morgan fingerprint density at radius 2 is 1.95 bits per heavy atom. The molecule has 20 heavy (non-hydrogen) atoms. The van der Waals surface area contributed by atoms with Crippen molar-refractivity contribution in [3.05, 3.63) is 29.8 Å². The van der Waals surface area contributed by atoms with Crippen LogP contribution in [0.25, 0.3) is 0 Å². The Morgan fingerprint density at radius 1 is 1.25 bits per heavy atom. The van der Waals surface area contributed by atoms with Crippen molar-refractivity contribution in [3.8, 4) is 0 Å². The van der Waals surface area contributed by atoms with Gasteiger partial charge in [0.15, 0.2) is 0 Å². The van der Waals surface area contributed by atoms with E-state index in [1.54, 1.807) is 4.90 Å². The van der Waals surface area contributed by atoms with Crippen LogP contribution in [0.4, 0.5) is 10.5 Å². The van der Waals surface area contributed by atoms with Crippen LogP contribution in [0.3, 0.4) is 0 Å². The normalized spacial score (nSPS) is 13.8. The second-order valence-electron chi connectivity index (χ2n) is 5.98. The number of hydrogen-bond acceptors (Lipinski definition) is 2. The molecular weight excluding hydrogens is 254 g/mol. The lowest BCUT2D eigenvalue weighted by Gasteiger charge is -2.22. The number of urea groups is 1. The molecule has 108 valence electrons. The molecule has 0 saturated carbocycles. The first-order chi connectivity index (χ1) is 9.37. The Labute approximate surface area is 119 Å². The van der Waals surface area contributed by atoms with Gasteiger partial charge in [0.1, 0.15) is 0 Å². The molecule has 3 amide bonds. The second kappa shape index (κ2) is 5.53. The summed E-state index contributed by atoms with van der Waals surface area (Å²) >= 11 is 0. The van der Waals surface area contributed by atoms with Gasteiger partial charge in [0.05, 0.1) is 6.54 Å². The van der Waals surface area contributed by atoms with Crippen molar-refractivity contribution in [2.75, 3.05) is 18.0 Å². The smallest absolute Gasteiger partial charge is 0.315 e. The molecule has 0 fully saturated rings. The lowest BCUT2D eigenvalue weighted by Crippen LogP contribution is -2.49. The quantitative estimate of drug-likeness (QED) is 0.862. The fourth-order valence-electron chi connectivity index (χ4n) is 2.23. The van der Waals surface area contributed by atoms with E-state index in [2.05, 4.69) is 10.6 Å². The van der Waals surface area contributed by atoms with E-state index in [0.29, 0.717) is 6.54 Å². The first-order valence-electron chi connectivity index (χ1n) is 6.81. The fraction of sp³-hybridized carbons (Fsp3) is 0.467. The molecule has 0 atom stereocenters. The molecule has 0 unspecified atom stereocenters. The number of para-hydroxylation sites is 1. The summed E-state index contributed by atoms with van der Waals surface area (Å²) in [6.07, 6.45) is 0.871. The van der Waals surface area contributed by atoms with Crippen molar-refractivity contribution < 1.29 is 9.59 Å². The average Bonchev–Trinajstić information content (AvgIpc) is 2.78. The molecule has 1 aliphatic heterocycles. The molecule has 0 spiro atoms. The molecule has 0 aromatic heterocycles. The van der Waals surface area contributed by atoms with E-state index in [1.807, 2.05) is 45.0 Å². The van der Waals surface area contributed by atoms with Crippen molar-refractivity contribution in [1.82, 2.24) is 10.6 Å². The van der Waals surface area contributed by atoms with Crippen LogP contribution in [-0.4, -0.2) is 30.6 Å². The standard InChI is InChI=1S/C15H21N3O2/c1-15(2,3)17-14(20)16-10-13(19)18-9-8-11-6-4-5-7-12(11)18/h4-7H,8-10H2,1-3H3,(H2,16,17,20). The fourth-order valence-corrected chi connectivity index (χ4v) is 2.23. The van der Waals surface area contributed by atoms with Gasteiger partial charge in [0.25, 0.3) is 0 Å². The molecule has 2 N–H and O–H groups in total. The maximum absolute atomic E-state index is 12.2. The summed E-state index contributed by atoms with van der Waals surface area (Å²) in [4.78, 5) is 25.5. The van der Waals surface area contributed by atoms with Gasteiger partial charge in [0.2, 0.25) is 5.91 Å². The van der Waals surface area contributed by atoms with E-state index < -0.39 is 0 Å². The van der Waals surface area contributed by atoms with Gasteiger partial charge in [-0.05, 0) is 38.8 Å².